The molecular formula is C30H29F2N5O3. The number of halogens is 2. The molecule has 2 atom stereocenters. The highest BCUT2D eigenvalue weighted by molar-refractivity contribution is 6.07. The largest absolute Gasteiger partial charge is 0.366 e. The number of primary amides is 1. The van der Waals surface area contributed by atoms with Crippen molar-refractivity contribution in [1.29, 1.82) is 0 Å². The van der Waals surface area contributed by atoms with E-state index in [1.807, 2.05) is 19.1 Å². The van der Waals surface area contributed by atoms with Crippen LogP contribution < -0.4 is 5.73 Å². The van der Waals surface area contributed by atoms with Gasteiger partial charge in [-0.15, -0.1) is 0 Å². The van der Waals surface area contributed by atoms with Crippen LogP contribution in [-0.2, 0) is 22.6 Å². The van der Waals surface area contributed by atoms with Crippen molar-refractivity contribution in [3.63, 3.8) is 0 Å². The van der Waals surface area contributed by atoms with Crippen LogP contribution in [0.4, 0.5) is 8.78 Å². The van der Waals surface area contributed by atoms with Crippen LogP contribution >= 0.6 is 0 Å². The highest BCUT2D eigenvalue weighted by atomic mass is 19.1. The first kappa shape index (κ1) is 27.1. The lowest BCUT2D eigenvalue weighted by Crippen LogP contribution is -2.46. The van der Waals surface area contributed by atoms with E-state index in [9.17, 15) is 23.2 Å². The van der Waals surface area contributed by atoms with Crippen molar-refractivity contribution in [1.82, 2.24) is 19.4 Å². The van der Waals surface area contributed by atoms with Crippen LogP contribution in [-0.4, -0.2) is 55.8 Å². The molecule has 1 aliphatic heterocycles. The number of ketones is 1. The second kappa shape index (κ2) is 11.3. The van der Waals surface area contributed by atoms with Crippen molar-refractivity contribution in [2.24, 2.45) is 5.73 Å². The second-order valence-corrected chi connectivity index (χ2v) is 10.1. The molecule has 40 heavy (non-hydrogen) atoms. The summed E-state index contributed by atoms with van der Waals surface area (Å²) in [6.07, 6.45) is 2.42. The number of carbonyl (C=O) groups is 3. The van der Waals surface area contributed by atoms with Gasteiger partial charge in [-0.05, 0) is 68.1 Å². The number of pyridine rings is 2. The number of hydrogen-bond donors (Lipinski definition) is 1. The number of hydrogen-bond acceptors (Lipinski definition) is 5. The number of carbonyl (C=O) groups excluding carboxylic acids is 3. The Hall–Kier alpha value is -4.47. The zero-order valence-corrected chi connectivity index (χ0v) is 22.0. The number of rotatable bonds is 7. The molecule has 1 aliphatic rings. The summed E-state index contributed by atoms with van der Waals surface area (Å²) in [6, 6.07) is 12.7. The summed E-state index contributed by atoms with van der Waals surface area (Å²) in [6.45, 7) is 1.79. The predicted octanol–water partition coefficient (Wildman–Crippen LogP) is 4.18. The van der Waals surface area contributed by atoms with Crippen molar-refractivity contribution in [3.8, 4) is 11.1 Å². The van der Waals surface area contributed by atoms with E-state index in [0.29, 0.717) is 27.7 Å². The first-order valence-electron chi connectivity index (χ1n) is 13.1. The van der Waals surface area contributed by atoms with Crippen molar-refractivity contribution in [2.45, 2.75) is 51.4 Å². The Morgan fingerprint density at radius 3 is 2.58 bits per heavy atom. The van der Waals surface area contributed by atoms with Gasteiger partial charge in [0, 0.05) is 46.8 Å². The van der Waals surface area contributed by atoms with Gasteiger partial charge in [0.2, 0.25) is 11.9 Å². The molecule has 5 rings (SSSR count). The number of alkyl halides is 1. The molecular weight excluding hydrogens is 516 g/mol. The first-order valence-corrected chi connectivity index (χ1v) is 13.1. The Labute approximate surface area is 229 Å². The number of benzene rings is 1. The Bertz CT molecular complexity index is 1580. The van der Waals surface area contributed by atoms with Gasteiger partial charge in [-0.25, -0.2) is 9.37 Å². The fraction of sp³-hybridized carbons (Fsp3) is 0.300. The average Bonchev–Trinajstić information content (AvgIpc) is 3.15. The van der Waals surface area contributed by atoms with Crippen molar-refractivity contribution >= 4 is 28.5 Å². The standard InChI is InChI=1S/C30H29F2N5O3/c1-18-3-2-4-22(35-18)14-27(38)26-9-7-21(31)11-12-37(26)29(39)17-36-16-24(30(33)40)23-13-19(5-8-25(23)36)20-6-10-28(32)34-15-20/h2-6,8,10,13,15-16,21,26H,7,9,11-12,14,17H2,1H3,(H2,33,40)/t21?,26-/m0/s1. The monoisotopic (exact) mass is 545 g/mol. The molecule has 8 nitrogen and oxygen atoms in total. The Morgan fingerprint density at radius 2 is 1.85 bits per heavy atom. The van der Waals surface area contributed by atoms with Crippen molar-refractivity contribution < 1.29 is 23.2 Å². The normalized spacial score (nSPS) is 17.5. The zero-order valence-electron chi connectivity index (χ0n) is 22.0. The molecule has 0 bridgehead atoms. The van der Waals surface area contributed by atoms with E-state index in [1.165, 1.54) is 23.4 Å². The first-order chi connectivity index (χ1) is 19.2. The van der Waals surface area contributed by atoms with Gasteiger partial charge < -0.3 is 15.2 Å². The predicted molar refractivity (Wildman–Crippen MR) is 146 cm³/mol. The minimum Gasteiger partial charge on any atom is -0.366 e. The summed E-state index contributed by atoms with van der Waals surface area (Å²) in [5, 5.41) is 0.528. The number of Topliss-reactive ketones (excluding diaryl/α,β-unsaturated/α-hetero) is 1. The van der Waals surface area contributed by atoms with E-state index in [4.69, 9.17) is 5.73 Å². The lowest BCUT2D eigenvalue weighted by Gasteiger charge is -2.29. The van der Waals surface area contributed by atoms with Crippen LogP contribution in [0.5, 0.6) is 0 Å². The summed E-state index contributed by atoms with van der Waals surface area (Å²) in [7, 11) is 0. The molecule has 0 spiro atoms. The highest BCUT2D eigenvalue weighted by Crippen LogP contribution is 2.29. The van der Waals surface area contributed by atoms with E-state index in [0.717, 1.165) is 5.69 Å². The fourth-order valence-corrected chi connectivity index (χ4v) is 5.29. The number of fused-ring (bicyclic) bond motifs is 1. The van der Waals surface area contributed by atoms with Gasteiger partial charge in [0.05, 0.1) is 18.0 Å². The summed E-state index contributed by atoms with van der Waals surface area (Å²) in [4.78, 5) is 48.8. The number of nitrogens with two attached hydrogens (primary N) is 1. The topological polar surface area (TPSA) is 111 Å². The van der Waals surface area contributed by atoms with Crippen LogP contribution in [0.25, 0.3) is 22.0 Å². The average molecular weight is 546 g/mol. The van der Waals surface area contributed by atoms with Gasteiger partial charge in [0.15, 0.2) is 5.78 Å². The van der Waals surface area contributed by atoms with Gasteiger partial charge in [0.1, 0.15) is 12.7 Å². The lowest BCUT2D eigenvalue weighted by molar-refractivity contribution is -0.139. The Morgan fingerprint density at radius 1 is 1.05 bits per heavy atom. The van der Waals surface area contributed by atoms with Crippen LogP contribution in [0.15, 0.2) is 60.9 Å². The fourth-order valence-electron chi connectivity index (χ4n) is 5.29. The van der Waals surface area contributed by atoms with E-state index in [1.54, 1.807) is 34.9 Å². The molecule has 4 heterocycles. The van der Waals surface area contributed by atoms with Gasteiger partial charge >= 0.3 is 0 Å². The summed E-state index contributed by atoms with van der Waals surface area (Å²) in [5.41, 5.74) is 9.20. The SMILES string of the molecule is Cc1cccc(CC(=O)[C@@H]2CCC(F)CCN2C(=O)Cn2cc(C(N)=O)c3cc(-c4ccc(F)nc4)ccc32)n1. The smallest absolute Gasteiger partial charge is 0.250 e. The second-order valence-electron chi connectivity index (χ2n) is 10.1. The van der Waals surface area contributed by atoms with E-state index in [-0.39, 0.29) is 56.0 Å². The van der Waals surface area contributed by atoms with Crippen molar-refractivity contribution in [2.75, 3.05) is 6.54 Å². The molecule has 2 amide bonds. The van der Waals surface area contributed by atoms with Crippen LogP contribution in [0.3, 0.4) is 0 Å². The molecule has 0 aliphatic carbocycles. The number of aryl methyl sites for hydroxylation is 1. The van der Waals surface area contributed by atoms with E-state index in [2.05, 4.69) is 9.97 Å². The third-order valence-corrected chi connectivity index (χ3v) is 7.32. The van der Waals surface area contributed by atoms with E-state index < -0.39 is 24.1 Å². The Balaban J connectivity index is 1.43. The molecule has 0 radical (unpaired) electrons. The van der Waals surface area contributed by atoms with Crippen LogP contribution in [0.1, 0.15) is 41.0 Å². The zero-order chi connectivity index (χ0) is 28.4. The minimum atomic E-state index is -1.10. The molecule has 0 saturated carbocycles. The summed E-state index contributed by atoms with van der Waals surface area (Å²) in [5.74, 6) is -1.82. The maximum absolute atomic E-state index is 14.4. The molecule has 3 aromatic heterocycles. The molecule has 1 saturated heterocycles. The van der Waals surface area contributed by atoms with Gasteiger partial charge in [-0.1, -0.05) is 12.1 Å². The lowest BCUT2D eigenvalue weighted by atomic mass is 10.0. The van der Waals surface area contributed by atoms with Gasteiger partial charge in [-0.2, -0.15) is 4.39 Å². The third kappa shape index (κ3) is 5.75. The molecule has 1 fully saturated rings. The third-order valence-electron chi connectivity index (χ3n) is 7.32. The van der Waals surface area contributed by atoms with Crippen LogP contribution in [0, 0.1) is 12.9 Å². The minimum absolute atomic E-state index is 0.0480. The van der Waals surface area contributed by atoms with Gasteiger partial charge in [0.25, 0.3) is 5.91 Å². The maximum Gasteiger partial charge on any atom is 0.250 e. The summed E-state index contributed by atoms with van der Waals surface area (Å²) < 4.78 is 29.3. The van der Waals surface area contributed by atoms with E-state index >= 15 is 0 Å². The Kier molecular flexibility index (Phi) is 7.68. The van der Waals surface area contributed by atoms with Crippen LogP contribution in [0.2, 0.25) is 0 Å². The number of amides is 2. The number of likely N-dealkylation sites (tertiary alicyclic amines) is 1. The summed E-state index contributed by atoms with van der Waals surface area (Å²) >= 11 is 0. The van der Waals surface area contributed by atoms with Crippen molar-refractivity contribution in [3.05, 3.63) is 83.8 Å². The molecule has 10 heteroatoms. The van der Waals surface area contributed by atoms with Gasteiger partial charge in [-0.3, -0.25) is 19.4 Å². The molecule has 1 unspecified atom stereocenters. The number of nitrogens with zero attached hydrogens (tertiary/aromatic N) is 4. The maximum atomic E-state index is 14.4. The molecule has 4 aromatic rings. The molecule has 2 N–H and O–H groups in total. The highest BCUT2D eigenvalue weighted by Gasteiger charge is 2.33. The quantitative estimate of drug-likeness (QED) is 0.351. The molecule has 206 valence electrons. The number of aromatic nitrogens is 3. The molecule has 1 aromatic carbocycles.